The third-order valence-corrected chi connectivity index (χ3v) is 16.3. The van der Waals surface area contributed by atoms with Crippen LogP contribution in [0.15, 0.2) is 24.3 Å². The molecule has 0 N–H and O–H groups in total. The highest BCUT2D eigenvalue weighted by Gasteiger charge is 2.41. The molecule has 0 saturated carbocycles. The van der Waals surface area contributed by atoms with Crippen molar-refractivity contribution in [3.05, 3.63) is 35.5 Å². The molecule has 1 aromatic heterocycles. The molecular formula is C25H42N2O2Si2. The SMILES string of the molecule is Cc1ccc2c(c1)cc(C#N)n2CC(CO[Si](C)(C)C(C)(C)C)O[Si](C)(C)C(C)(C)C. The van der Waals surface area contributed by atoms with E-state index in [2.05, 4.69) is 103 Å². The molecule has 1 aromatic carbocycles. The van der Waals surface area contributed by atoms with E-state index in [1.807, 2.05) is 6.07 Å². The zero-order valence-electron chi connectivity index (χ0n) is 21.5. The third kappa shape index (κ3) is 5.89. The Labute approximate surface area is 191 Å². The Balaban J connectivity index is 2.42. The van der Waals surface area contributed by atoms with E-state index in [0.29, 0.717) is 18.8 Å². The first-order chi connectivity index (χ1) is 14.0. The normalized spacial score (nSPS) is 14.6. The second-order valence-corrected chi connectivity index (χ2v) is 21.5. The molecule has 172 valence electrons. The molecule has 2 rings (SSSR count). The smallest absolute Gasteiger partial charge is 0.192 e. The van der Waals surface area contributed by atoms with Gasteiger partial charge in [-0.2, -0.15) is 5.26 Å². The Morgan fingerprint density at radius 2 is 1.55 bits per heavy atom. The predicted molar refractivity (Wildman–Crippen MR) is 137 cm³/mol. The molecule has 6 heteroatoms. The van der Waals surface area contributed by atoms with Gasteiger partial charge in [0, 0.05) is 10.9 Å². The number of hydrogen-bond donors (Lipinski definition) is 0. The average Bonchev–Trinajstić information content (AvgIpc) is 2.94. The maximum atomic E-state index is 9.80. The summed E-state index contributed by atoms with van der Waals surface area (Å²) in [5.74, 6) is 0. The van der Waals surface area contributed by atoms with Gasteiger partial charge in [-0.15, -0.1) is 0 Å². The number of fused-ring (bicyclic) bond motifs is 1. The van der Waals surface area contributed by atoms with Gasteiger partial charge in [0.25, 0.3) is 0 Å². The molecule has 1 atom stereocenters. The molecule has 0 aliphatic carbocycles. The van der Waals surface area contributed by atoms with Crippen molar-refractivity contribution in [3.8, 4) is 6.07 Å². The average molecular weight is 459 g/mol. The first-order valence-corrected chi connectivity index (χ1v) is 17.1. The molecule has 0 bridgehead atoms. The molecule has 2 aromatic rings. The maximum Gasteiger partial charge on any atom is 0.192 e. The van der Waals surface area contributed by atoms with Gasteiger partial charge in [-0.1, -0.05) is 53.2 Å². The largest absolute Gasteiger partial charge is 0.414 e. The molecular weight excluding hydrogens is 416 g/mol. The number of aromatic nitrogens is 1. The fraction of sp³-hybridized carbons (Fsp3) is 0.640. The van der Waals surface area contributed by atoms with Gasteiger partial charge >= 0.3 is 0 Å². The summed E-state index contributed by atoms with van der Waals surface area (Å²) in [5.41, 5.74) is 2.96. The van der Waals surface area contributed by atoms with E-state index >= 15 is 0 Å². The van der Waals surface area contributed by atoms with Crippen LogP contribution in [0.2, 0.25) is 36.3 Å². The van der Waals surface area contributed by atoms with E-state index < -0.39 is 16.6 Å². The highest BCUT2D eigenvalue weighted by molar-refractivity contribution is 6.74. The van der Waals surface area contributed by atoms with E-state index in [1.54, 1.807) is 0 Å². The van der Waals surface area contributed by atoms with Crippen LogP contribution in [0.1, 0.15) is 52.8 Å². The number of nitriles is 1. The third-order valence-electron chi connectivity index (χ3n) is 7.26. The van der Waals surface area contributed by atoms with Crippen LogP contribution < -0.4 is 0 Å². The molecule has 4 nitrogen and oxygen atoms in total. The minimum Gasteiger partial charge on any atom is -0.414 e. The molecule has 1 unspecified atom stereocenters. The van der Waals surface area contributed by atoms with Crippen LogP contribution in [0.25, 0.3) is 10.9 Å². The van der Waals surface area contributed by atoms with Gasteiger partial charge in [0.15, 0.2) is 16.6 Å². The summed E-state index contributed by atoms with van der Waals surface area (Å²) in [6.07, 6.45) is -0.0981. The monoisotopic (exact) mass is 458 g/mol. The van der Waals surface area contributed by atoms with Gasteiger partial charge in [-0.25, -0.2) is 0 Å². The van der Waals surface area contributed by atoms with Gasteiger partial charge in [-0.05, 0) is 61.4 Å². The Bertz CT molecular complexity index is 957. The summed E-state index contributed by atoms with van der Waals surface area (Å²) in [5, 5.41) is 11.2. The highest BCUT2D eigenvalue weighted by atomic mass is 28.4. The molecule has 0 aliphatic heterocycles. The topological polar surface area (TPSA) is 47.2 Å². The Hall–Kier alpha value is -1.40. The zero-order chi connectivity index (χ0) is 23.8. The number of nitrogens with zero attached hydrogens (tertiary/aromatic N) is 2. The lowest BCUT2D eigenvalue weighted by atomic mass is 10.2. The summed E-state index contributed by atoms with van der Waals surface area (Å²) in [4.78, 5) is 0. The Morgan fingerprint density at radius 3 is 2.06 bits per heavy atom. The lowest BCUT2D eigenvalue weighted by molar-refractivity contribution is 0.0943. The number of benzene rings is 1. The van der Waals surface area contributed by atoms with E-state index in [4.69, 9.17) is 8.85 Å². The van der Waals surface area contributed by atoms with Gasteiger partial charge in [-0.3, -0.25) is 0 Å². The number of rotatable bonds is 7. The van der Waals surface area contributed by atoms with Crippen LogP contribution in [-0.2, 0) is 15.4 Å². The molecule has 0 fully saturated rings. The van der Waals surface area contributed by atoms with Crippen molar-refractivity contribution in [2.75, 3.05) is 6.61 Å². The molecule has 0 saturated heterocycles. The quantitative estimate of drug-likeness (QED) is 0.411. The van der Waals surface area contributed by atoms with Crippen molar-refractivity contribution in [3.63, 3.8) is 0 Å². The lowest BCUT2D eigenvalue weighted by Crippen LogP contribution is -2.49. The first-order valence-electron chi connectivity index (χ1n) is 11.3. The number of aryl methyl sites for hydroxylation is 1. The summed E-state index contributed by atoms with van der Waals surface area (Å²) in [6.45, 7) is 26.0. The first kappa shape index (κ1) is 25.9. The van der Waals surface area contributed by atoms with Gasteiger partial charge in [0.2, 0.25) is 0 Å². The van der Waals surface area contributed by atoms with Crippen molar-refractivity contribution >= 4 is 27.5 Å². The van der Waals surface area contributed by atoms with Crippen molar-refractivity contribution in [1.29, 1.82) is 5.26 Å². The number of hydrogen-bond acceptors (Lipinski definition) is 3. The molecule has 31 heavy (non-hydrogen) atoms. The predicted octanol–water partition coefficient (Wildman–Crippen LogP) is 7.23. The van der Waals surface area contributed by atoms with Gasteiger partial charge in [0.1, 0.15) is 11.8 Å². The van der Waals surface area contributed by atoms with E-state index in [0.717, 1.165) is 10.9 Å². The van der Waals surface area contributed by atoms with Crippen molar-refractivity contribution in [2.24, 2.45) is 0 Å². The minimum absolute atomic E-state index is 0.0981. The summed E-state index contributed by atoms with van der Waals surface area (Å²) >= 11 is 0. The van der Waals surface area contributed by atoms with Crippen LogP contribution in [0.4, 0.5) is 0 Å². The molecule has 1 heterocycles. The van der Waals surface area contributed by atoms with E-state index in [9.17, 15) is 5.26 Å². The van der Waals surface area contributed by atoms with Crippen LogP contribution in [-0.4, -0.2) is 33.9 Å². The van der Waals surface area contributed by atoms with Crippen LogP contribution in [0.5, 0.6) is 0 Å². The van der Waals surface area contributed by atoms with Crippen molar-refractivity contribution < 1.29 is 8.85 Å². The van der Waals surface area contributed by atoms with Gasteiger partial charge < -0.3 is 13.4 Å². The Kier molecular flexibility index (Phi) is 7.39. The van der Waals surface area contributed by atoms with Crippen LogP contribution in [0.3, 0.4) is 0 Å². The minimum atomic E-state index is -2.01. The highest BCUT2D eigenvalue weighted by Crippen LogP contribution is 2.39. The fourth-order valence-electron chi connectivity index (χ4n) is 3.12. The molecule has 0 amide bonds. The molecule has 0 spiro atoms. The van der Waals surface area contributed by atoms with E-state index in [-0.39, 0.29) is 16.2 Å². The molecule has 0 radical (unpaired) electrons. The van der Waals surface area contributed by atoms with Crippen molar-refractivity contribution in [1.82, 2.24) is 4.57 Å². The standard InChI is InChI=1S/C25H42N2O2Si2/c1-19-12-13-23-20(14-19)15-21(16-26)27(23)17-22(29-31(10,11)25(5,6)7)18-28-30(8,9)24(2,3)4/h12-15,22H,17-18H2,1-11H3. The van der Waals surface area contributed by atoms with Crippen molar-refractivity contribution in [2.45, 2.75) is 97.4 Å². The maximum absolute atomic E-state index is 9.80. The summed E-state index contributed by atoms with van der Waals surface area (Å²) < 4.78 is 15.6. The summed E-state index contributed by atoms with van der Waals surface area (Å²) in [7, 11) is -3.92. The van der Waals surface area contributed by atoms with Crippen LogP contribution in [0, 0.1) is 18.3 Å². The summed E-state index contributed by atoms with van der Waals surface area (Å²) in [6, 6.07) is 10.7. The fourth-order valence-corrected chi connectivity index (χ4v) is 5.48. The Morgan fingerprint density at radius 1 is 0.968 bits per heavy atom. The van der Waals surface area contributed by atoms with Gasteiger partial charge in [0.05, 0.1) is 19.3 Å². The second-order valence-electron chi connectivity index (χ2n) is 11.9. The lowest BCUT2D eigenvalue weighted by Gasteiger charge is -2.41. The second kappa shape index (κ2) is 8.86. The van der Waals surface area contributed by atoms with Crippen LogP contribution >= 0.6 is 0 Å². The molecule has 0 aliphatic rings. The zero-order valence-corrected chi connectivity index (χ0v) is 23.5. The van der Waals surface area contributed by atoms with E-state index in [1.165, 1.54) is 5.56 Å².